The Morgan fingerprint density at radius 1 is 1.16 bits per heavy atom. The SMILES string of the molecule is CC1(COP(O)(O)(O)I)O[C@@](C)(n2cnc3c(N)ncnc32)C(C)(C)C1(C)Oc1ccccc1[N+](=O)[O-]. The van der Waals surface area contributed by atoms with Gasteiger partial charge in [0.15, 0.2) is 0 Å². The van der Waals surface area contributed by atoms with Gasteiger partial charge in [-0.1, -0.05) is 0 Å². The molecular weight excluding hydrogens is 622 g/mol. The van der Waals surface area contributed by atoms with E-state index in [2.05, 4.69) is 15.0 Å². The zero-order valence-corrected chi connectivity index (χ0v) is 23.7. The molecule has 37 heavy (non-hydrogen) atoms. The molecule has 2 unspecified atom stereocenters. The fourth-order valence-electron chi connectivity index (χ4n) is 4.83. The molecule has 1 aliphatic rings. The van der Waals surface area contributed by atoms with Gasteiger partial charge in [0.1, 0.15) is 0 Å². The van der Waals surface area contributed by atoms with Crippen LogP contribution in [0.5, 0.6) is 5.75 Å². The third-order valence-corrected chi connectivity index (χ3v) is 8.95. The van der Waals surface area contributed by atoms with Crippen LogP contribution in [0.3, 0.4) is 0 Å². The molecule has 3 heterocycles. The van der Waals surface area contributed by atoms with Crippen LogP contribution >= 0.6 is 27.2 Å². The predicted molar refractivity (Wildman–Crippen MR) is 142 cm³/mol. The Morgan fingerprint density at radius 3 is 2.43 bits per heavy atom. The van der Waals surface area contributed by atoms with Gasteiger partial charge in [0.25, 0.3) is 0 Å². The third kappa shape index (κ3) is 4.41. The van der Waals surface area contributed by atoms with Gasteiger partial charge in [-0.2, -0.15) is 0 Å². The van der Waals surface area contributed by atoms with Crippen LogP contribution < -0.4 is 10.5 Å². The van der Waals surface area contributed by atoms with Crippen LogP contribution in [-0.4, -0.2) is 56.9 Å². The second-order valence-electron chi connectivity index (χ2n) is 9.93. The van der Waals surface area contributed by atoms with E-state index in [9.17, 15) is 24.8 Å². The third-order valence-electron chi connectivity index (χ3n) is 7.54. The van der Waals surface area contributed by atoms with Gasteiger partial charge in [-0.3, -0.25) is 0 Å². The van der Waals surface area contributed by atoms with Crippen molar-refractivity contribution in [1.82, 2.24) is 19.5 Å². The summed E-state index contributed by atoms with van der Waals surface area (Å²) in [6.45, 7) is 8.11. The topological polar surface area (TPSA) is 201 Å². The van der Waals surface area contributed by atoms with E-state index in [4.69, 9.17) is 19.7 Å². The number of ether oxygens (including phenoxy) is 2. The number of nitro groups is 1. The average molecular weight is 650 g/mol. The summed E-state index contributed by atoms with van der Waals surface area (Å²) in [6.07, 6.45) is 2.77. The number of halogens is 1. The number of benzene rings is 1. The van der Waals surface area contributed by atoms with Gasteiger partial charge in [0.2, 0.25) is 0 Å². The Labute approximate surface area is 224 Å². The van der Waals surface area contributed by atoms with Gasteiger partial charge in [-0.05, 0) is 0 Å². The summed E-state index contributed by atoms with van der Waals surface area (Å²) >= 11 is 1.04. The van der Waals surface area contributed by atoms with Crippen LogP contribution in [0.1, 0.15) is 34.6 Å². The van der Waals surface area contributed by atoms with Gasteiger partial charge in [-0.25, -0.2) is 0 Å². The number of para-hydroxylation sites is 2. The van der Waals surface area contributed by atoms with Crippen LogP contribution in [0.4, 0.5) is 11.5 Å². The molecule has 1 aliphatic heterocycles. The molecule has 1 aromatic carbocycles. The Hall–Kier alpha value is -2.27. The summed E-state index contributed by atoms with van der Waals surface area (Å²) in [6, 6.07) is 5.88. The van der Waals surface area contributed by atoms with E-state index < -0.39 is 39.0 Å². The van der Waals surface area contributed by atoms with E-state index in [1.807, 2.05) is 13.8 Å². The Morgan fingerprint density at radius 2 is 1.81 bits per heavy atom. The van der Waals surface area contributed by atoms with Gasteiger partial charge >= 0.3 is 225 Å². The number of aromatic nitrogens is 4. The van der Waals surface area contributed by atoms with Crippen molar-refractivity contribution < 1.29 is 33.6 Å². The molecule has 14 nitrogen and oxygen atoms in total. The predicted octanol–water partition coefficient (Wildman–Crippen LogP) is 3.20. The molecule has 4 rings (SSSR count). The number of nitrogens with zero attached hydrogens (tertiary/aromatic N) is 5. The molecule has 0 spiro atoms. The van der Waals surface area contributed by atoms with Crippen LogP contribution in [0.25, 0.3) is 11.2 Å². The standard InChI is InChI=1S/C21H28IN6O8P/c1-18(2)20(4,35-14-9-7-6-8-13(14)28(29)30)19(3,10-34-37(22,31,32)33)36-21(18,5)27-12-26-15-16(23)24-11-25-17(15)27/h6-9,11-12,31-33H,10H2,1-5H3,(H2,23,24,25)/t19?,20?,21-/m1/s1. The summed E-state index contributed by atoms with van der Waals surface area (Å²) in [5.74, 6) is 0.129. The first-order valence-electron chi connectivity index (χ1n) is 11.0. The second-order valence-corrected chi connectivity index (χ2v) is 16.9. The second kappa shape index (κ2) is 8.36. The Bertz CT molecular complexity index is 1390. The van der Waals surface area contributed by atoms with Gasteiger partial charge in [-0.15, -0.1) is 0 Å². The van der Waals surface area contributed by atoms with Crippen molar-refractivity contribution in [2.45, 2.75) is 51.5 Å². The zero-order valence-electron chi connectivity index (χ0n) is 20.7. The molecule has 0 bridgehead atoms. The number of imidazole rings is 1. The van der Waals surface area contributed by atoms with E-state index in [-0.39, 0.29) is 17.3 Å². The number of hydrogen-bond donors (Lipinski definition) is 4. The normalized spacial score (nSPS) is 28.6. The van der Waals surface area contributed by atoms with Crippen molar-refractivity contribution in [1.29, 1.82) is 0 Å². The molecular formula is C21H28IN6O8P. The van der Waals surface area contributed by atoms with Gasteiger partial charge < -0.3 is 0 Å². The molecule has 3 aromatic rings. The number of fused-ring (bicyclic) bond motifs is 1. The van der Waals surface area contributed by atoms with Crippen LogP contribution in [0.2, 0.25) is 0 Å². The van der Waals surface area contributed by atoms with Crippen LogP contribution in [0, 0.1) is 15.5 Å². The number of hydrogen-bond acceptors (Lipinski definition) is 12. The number of nitro benzene ring substituents is 1. The maximum absolute atomic E-state index is 11.8. The molecule has 16 heteroatoms. The summed E-state index contributed by atoms with van der Waals surface area (Å²) in [5, 5.41) is 6.28. The zero-order chi connectivity index (χ0) is 27.7. The van der Waals surface area contributed by atoms with E-state index >= 15 is 0 Å². The molecule has 202 valence electrons. The fourth-order valence-corrected chi connectivity index (χ4v) is 5.72. The molecule has 0 aliphatic carbocycles. The van der Waals surface area contributed by atoms with E-state index in [0.29, 0.717) is 11.2 Å². The monoisotopic (exact) mass is 650 g/mol. The Kier molecular flexibility index (Phi) is 6.27. The molecule has 0 radical (unpaired) electrons. The molecule has 3 atom stereocenters. The number of nitrogen functional groups attached to an aromatic ring is 1. The van der Waals surface area contributed by atoms with Gasteiger partial charge in [0, 0.05) is 0 Å². The number of rotatable bonds is 7. The maximum atomic E-state index is 11.8. The molecule has 1 fully saturated rings. The van der Waals surface area contributed by atoms with Crippen molar-refractivity contribution in [2.75, 3.05) is 12.3 Å². The minimum absolute atomic E-state index is 0.0341. The summed E-state index contributed by atoms with van der Waals surface area (Å²) in [5.41, 5.74) is 1.05. The van der Waals surface area contributed by atoms with E-state index in [1.165, 1.54) is 30.9 Å². The molecule has 1 saturated heterocycles. The van der Waals surface area contributed by atoms with Gasteiger partial charge in [0.05, 0.1) is 0 Å². The number of nitrogens with two attached hydrogens (primary N) is 1. The molecule has 0 saturated carbocycles. The van der Waals surface area contributed by atoms with Crippen molar-refractivity contribution in [3.05, 3.63) is 47.0 Å². The van der Waals surface area contributed by atoms with E-state index in [0.717, 1.165) is 22.0 Å². The number of anilines is 1. The quantitative estimate of drug-likeness (QED) is 0.126. The molecule has 0 amide bonds. The summed E-state index contributed by atoms with van der Waals surface area (Å²) < 4.78 is 19.9. The van der Waals surface area contributed by atoms with Crippen molar-refractivity contribution in [2.24, 2.45) is 5.41 Å². The Balaban J connectivity index is 1.93. The summed E-state index contributed by atoms with van der Waals surface area (Å²) in [4.78, 5) is 53.9. The molecule has 2 aromatic heterocycles. The average Bonchev–Trinajstić information content (AvgIpc) is 3.26. The van der Waals surface area contributed by atoms with Crippen LogP contribution in [-0.2, 0) is 15.0 Å². The van der Waals surface area contributed by atoms with E-state index in [1.54, 1.807) is 31.4 Å². The minimum atomic E-state index is -5.47. The fraction of sp³-hybridized carbons (Fsp3) is 0.476. The first-order chi connectivity index (χ1) is 16.8. The first-order valence-corrected chi connectivity index (χ1v) is 15.8. The summed E-state index contributed by atoms with van der Waals surface area (Å²) in [7, 11) is 0. The van der Waals surface area contributed by atoms with Crippen molar-refractivity contribution in [3.8, 4) is 5.75 Å². The first kappa shape index (κ1) is 27.8. The molecule has 5 N–H and O–H groups in total. The van der Waals surface area contributed by atoms with Crippen molar-refractivity contribution >= 4 is 49.9 Å². The van der Waals surface area contributed by atoms with Crippen LogP contribution in [0.15, 0.2) is 36.9 Å². The van der Waals surface area contributed by atoms with Crippen molar-refractivity contribution in [3.63, 3.8) is 0 Å².